The summed E-state index contributed by atoms with van der Waals surface area (Å²) in [5, 5.41) is 0. The molecule has 5 heteroatoms. The van der Waals surface area contributed by atoms with Gasteiger partial charge in [0, 0.05) is 24.0 Å². The molecule has 0 atom stereocenters. The zero-order valence-electron chi connectivity index (χ0n) is 6.03. The molecule has 0 saturated heterocycles. The third-order valence-corrected chi connectivity index (χ3v) is 1.65. The fourth-order valence-corrected chi connectivity index (χ4v) is 1.06. The van der Waals surface area contributed by atoms with E-state index in [4.69, 9.17) is 0 Å². The van der Waals surface area contributed by atoms with Crippen molar-refractivity contribution in [2.75, 3.05) is 0 Å². The fraction of sp³-hybridized carbons (Fsp3) is 0.143. The van der Waals surface area contributed by atoms with Gasteiger partial charge in [-0.2, -0.15) is 13.2 Å². The molecule has 0 unspecified atom stereocenters. The molecular formula is C7H4BrF3Zn. The normalized spacial score (nSPS) is 10.7. The number of rotatable bonds is 0. The van der Waals surface area contributed by atoms with E-state index in [2.05, 4.69) is 15.9 Å². The first-order valence-electron chi connectivity index (χ1n) is 2.83. The van der Waals surface area contributed by atoms with Gasteiger partial charge in [-0.05, 0) is 18.2 Å². The fourth-order valence-electron chi connectivity index (χ4n) is 0.665. The molecule has 0 N–H and O–H groups in total. The van der Waals surface area contributed by atoms with E-state index < -0.39 is 11.7 Å². The molecule has 1 aromatic rings. The predicted octanol–water partition coefficient (Wildman–Crippen LogP) is 3.47. The quantitative estimate of drug-likeness (QED) is 0.642. The smallest absolute Gasteiger partial charge is 0.166 e. The molecule has 1 aromatic carbocycles. The van der Waals surface area contributed by atoms with Crippen molar-refractivity contribution in [1.82, 2.24) is 0 Å². The summed E-state index contributed by atoms with van der Waals surface area (Å²) in [6.45, 7) is 0. The Balaban J connectivity index is 0.00000121. The average Bonchev–Trinajstić information content (AvgIpc) is 1.86. The minimum absolute atomic E-state index is 0. The summed E-state index contributed by atoms with van der Waals surface area (Å²) < 4.78 is 36.3. The van der Waals surface area contributed by atoms with Crippen LogP contribution in [0.1, 0.15) is 5.56 Å². The Labute approximate surface area is 89.0 Å². The number of halogens is 4. The second-order valence-electron chi connectivity index (χ2n) is 2.01. The van der Waals surface area contributed by atoms with E-state index in [0.717, 1.165) is 12.1 Å². The first-order chi connectivity index (χ1) is 5.00. The first kappa shape index (κ1) is 12.1. The number of hydrogen-bond acceptors (Lipinski definition) is 0. The van der Waals surface area contributed by atoms with Gasteiger partial charge in [-0.25, -0.2) is 0 Å². The van der Waals surface area contributed by atoms with Gasteiger partial charge < -0.3 is 0 Å². The molecule has 0 amide bonds. The van der Waals surface area contributed by atoms with Gasteiger partial charge in [-0.1, -0.05) is 22.0 Å². The largest absolute Gasteiger partial charge is 0.416 e. The van der Waals surface area contributed by atoms with Crippen molar-refractivity contribution in [1.29, 1.82) is 0 Å². The van der Waals surface area contributed by atoms with Gasteiger partial charge in [-0.15, -0.1) is 0 Å². The Hall–Kier alpha value is 0.113. The maximum Gasteiger partial charge on any atom is 0.416 e. The van der Waals surface area contributed by atoms with Crippen molar-refractivity contribution < 1.29 is 32.6 Å². The molecule has 0 fully saturated rings. The molecule has 0 aromatic heterocycles. The Morgan fingerprint density at radius 2 is 1.75 bits per heavy atom. The maximum atomic E-state index is 11.9. The van der Waals surface area contributed by atoms with Gasteiger partial charge >= 0.3 is 6.18 Å². The number of benzene rings is 1. The summed E-state index contributed by atoms with van der Waals surface area (Å²) >= 11 is 2.95. The van der Waals surface area contributed by atoms with Crippen molar-refractivity contribution in [3.63, 3.8) is 0 Å². The Kier molecular flexibility index (Phi) is 4.42. The molecule has 0 saturated carbocycles. The second-order valence-corrected chi connectivity index (χ2v) is 2.92. The molecule has 0 aliphatic rings. The van der Waals surface area contributed by atoms with Crippen molar-refractivity contribution in [3.05, 3.63) is 34.3 Å². The second kappa shape index (κ2) is 4.38. The molecule has 0 radical (unpaired) electrons. The standard InChI is InChI=1S/C7H4BrF3.Zn/c8-6-3-1-2-5(4-6)7(9,10)11;/h1-4H;. The summed E-state index contributed by atoms with van der Waals surface area (Å²) in [6, 6.07) is 4.98. The van der Waals surface area contributed by atoms with Crippen molar-refractivity contribution in [2.45, 2.75) is 6.18 Å². The summed E-state index contributed by atoms with van der Waals surface area (Å²) in [6.07, 6.45) is -4.25. The minimum atomic E-state index is -4.25. The van der Waals surface area contributed by atoms with Gasteiger partial charge in [0.25, 0.3) is 0 Å². The number of hydrogen-bond donors (Lipinski definition) is 0. The molecule has 62 valence electrons. The van der Waals surface area contributed by atoms with Crippen LogP contribution in [0.3, 0.4) is 0 Å². The molecule has 0 bridgehead atoms. The van der Waals surface area contributed by atoms with E-state index in [1.165, 1.54) is 6.07 Å². The Bertz CT molecular complexity index is 259. The topological polar surface area (TPSA) is 0 Å². The van der Waals surface area contributed by atoms with Crippen LogP contribution >= 0.6 is 15.9 Å². The van der Waals surface area contributed by atoms with Crippen molar-refractivity contribution >= 4 is 15.9 Å². The predicted molar refractivity (Wildman–Crippen MR) is 39.1 cm³/mol. The zero-order chi connectivity index (χ0) is 8.48. The van der Waals surface area contributed by atoms with E-state index in [0.29, 0.717) is 4.47 Å². The molecule has 0 spiro atoms. The van der Waals surface area contributed by atoms with Crippen LogP contribution in [-0.2, 0) is 25.7 Å². The average molecular weight is 290 g/mol. The van der Waals surface area contributed by atoms with Gasteiger partial charge in [0.1, 0.15) is 0 Å². The van der Waals surface area contributed by atoms with Gasteiger partial charge in [0.2, 0.25) is 0 Å². The number of alkyl halides is 3. The minimum Gasteiger partial charge on any atom is -0.166 e. The third-order valence-electron chi connectivity index (χ3n) is 1.15. The zero-order valence-corrected chi connectivity index (χ0v) is 10.6. The van der Waals surface area contributed by atoms with Gasteiger partial charge in [0.15, 0.2) is 0 Å². The first-order valence-corrected chi connectivity index (χ1v) is 3.62. The van der Waals surface area contributed by atoms with E-state index in [-0.39, 0.29) is 19.5 Å². The van der Waals surface area contributed by atoms with Gasteiger partial charge in [-0.3, -0.25) is 0 Å². The maximum absolute atomic E-state index is 11.9. The van der Waals surface area contributed by atoms with Crippen LogP contribution in [0, 0.1) is 0 Å². The summed E-state index contributed by atoms with van der Waals surface area (Å²) in [4.78, 5) is 0. The van der Waals surface area contributed by atoms with Crippen LogP contribution in [0.25, 0.3) is 0 Å². The molecule has 0 heterocycles. The molecule has 0 nitrogen and oxygen atoms in total. The van der Waals surface area contributed by atoms with Crippen molar-refractivity contribution in [3.8, 4) is 0 Å². The van der Waals surface area contributed by atoms with Crippen molar-refractivity contribution in [2.24, 2.45) is 0 Å². The van der Waals surface area contributed by atoms with Gasteiger partial charge in [0.05, 0.1) is 5.56 Å². The van der Waals surface area contributed by atoms with Crippen LogP contribution in [0.4, 0.5) is 13.2 Å². The molecule has 12 heavy (non-hydrogen) atoms. The molecule has 0 aliphatic heterocycles. The van der Waals surface area contributed by atoms with Crippen LogP contribution in [0.15, 0.2) is 28.7 Å². The summed E-state index contributed by atoms with van der Waals surface area (Å²) in [7, 11) is 0. The van der Waals surface area contributed by atoms with Crippen LogP contribution in [0.5, 0.6) is 0 Å². The van der Waals surface area contributed by atoms with Crippen LogP contribution < -0.4 is 0 Å². The summed E-state index contributed by atoms with van der Waals surface area (Å²) in [5.74, 6) is 0. The van der Waals surface area contributed by atoms with Crippen LogP contribution in [0.2, 0.25) is 0 Å². The molecule has 1 rings (SSSR count). The van der Waals surface area contributed by atoms with E-state index in [1.54, 1.807) is 6.07 Å². The molecule has 0 aliphatic carbocycles. The monoisotopic (exact) mass is 288 g/mol. The SMILES string of the molecule is FC(F)(F)c1cccc(Br)c1.[Zn]. The van der Waals surface area contributed by atoms with E-state index >= 15 is 0 Å². The van der Waals surface area contributed by atoms with E-state index in [9.17, 15) is 13.2 Å². The Morgan fingerprint density at radius 1 is 1.17 bits per heavy atom. The van der Waals surface area contributed by atoms with Crippen LogP contribution in [-0.4, -0.2) is 0 Å². The summed E-state index contributed by atoms with van der Waals surface area (Å²) in [5.41, 5.74) is -0.633. The Morgan fingerprint density at radius 3 is 2.08 bits per heavy atom. The third kappa shape index (κ3) is 3.24. The molecular weight excluding hydrogens is 286 g/mol. The van der Waals surface area contributed by atoms with E-state index in [1.807, 2.05) is 0 Å².